The fraction of sp³-hybridized carbons (Fsp3) is 0.250. The Labute approximate surface area is 93.8 Å². The Kier molecular flexibility index (Phi) is 2.81. The van der Waals surface area contributed by atoms with Crippen molar-refractivity contribution in [3.63, 3.8) is 0 Å². The summed E-state index contributed by atoms with van der Waals surface area (Å²) in [7, 11) is 4.84. The number of pyridine rings is 1. The van der Waals surface area contributed by atoms with Crippen LogP contribution in [0.4, 0.5) is 0 Å². The van der Waals surface area contributed by atoms with Gasteiger partial charge in [-0.25, -0.2) is 0 Å². The van der Waals surface area contributed by atoms with E-state index in [-0.39, 0.29) is 0 Å². The molecule has 4 heteroatoms. The molecule has 1 aromatic heterocycles. The van der Waals surface area contributed by atoms with Crippen LogP contribution in [0.25, 0.3) is 10.9 Å². The minimum absolute atomic E-state index is 0.663. The van der Waals surface area contributed by atoms with Gasteiger partial charge in [0.2, 0.25) is 0 Å². The quantitative estimate of drug-likeness (QED) is 0.794. The van der Waals surface area contributed by atoms with Gasteiger partial charge in [-0.05, 0) is 12.1 Å². The molecule has 0 aliphatic rings. The first-order valence-corrected chi connectivity index (χ1v) is 4.85. The molecule has 0 spiro atoms. The van der Waals surface area contributed by atoms with E-state index in [0.717, 1.165) is 16.7 Å². The van der Waals surface area contributed by atoms with Crippen molar-refractivity contribution in [2.24, 2.45) is 0 Å². The Balaban J connectivity index is 2.72. The zero-order valence-corrected chi connectivity index (χ0v) is 9.48. The Morgan fingerprint density at radius 3 is 2.12 bits per heavy atom. The van der Waals surface area contributed by atoms with Crippen molar-refractivity contribution in [1.29, 1.82) is 0 Å². The second-order valence-corrected chi connectivity index (χ2v) is 3.24. The van der Waals surface area contributed by atoms with Crippen molar-refractivity contribution in [2.75, 3.05) is 21.3 Å². The number of methoxy groups -OCH3 is 3. The van der Waals surface area contributed by atoms with Gasteiger partial charge in [0.25, 0.3) is 0 Å². The maximum absolute atomic E-state index is 5.26. The van der Waals surface area contributed by atoms with Gasteiger partial charge >= 0.3 is 0 Å². The molecule has 0 saturated carbocycles. The lowest BCUT2D eigenvalue weighted by Gasteiger charge is -2.10. The highest BCUT2D eigenvalue weighted by atomic mass is 16.5. The molecule has 2 aromatic rings. The van der Waals surface area contributed by atoms with Crippen LogP contribution in [0.5, 0.6) is 17.2 Å². The fourth-order valence-corrected chi connectivity index (χ4v) is 1.63. The summed E-state index contributed by atoms with van der Waals surface area (Å²) in [5.74, 6) is 2.10. The van der Waals surface area contributed by atoms with Gasteiger partial charge in [0.1, 0.15) is 5.75 Å². The average molecular weight is 219 g/mol. The third-order valence-corrected chi connectivity index (χ3v) is 2.43. The Morgan fingerprint density at radius 1 is 0.875 bits per heavy atom. The molecule has 0 amide bonds. The first kappa shape index (κ1) is 10.5. The van der Waals surface area contributed by atoms with E-state index in [1.165, 1.54) is 0 Å². The van der Waals surface area contributed by atoms with Gasteiger partial charge in [0.05, 0.1) is 26.8 Å². The van der Waals surface area contributed by atoms with Crippen LogP contribution in [0, 0.1) is 0 Å². The van der Waals surface area contributed by atoms with Crippen LogP contribution in [0.15, 0.2) is 24.4 Å². The molecule has 0 atom stereocenters. The van der Waals surface area contributed by atoms with E-state index in [4.69, 9.17) is 14.2 Å². The van der Waals surface area contributed by atoms with Gasteiger partial charge in [-0.1, -0.05) is 0 Å². The summed E-state index contributed by atoms with van der Waals surface area (Å²) in [6.07, 6.45) is 1.70. The van der Waals surface area contributed by atoms with Gasteiger partial charge in [0, 0.05) is 17.6 Å². The van der Waals surface area contributed by atoms with Gasteiger partial charge < -0.3 is 14.2 Å². The molecule has 1 aromatic carbocycles. The maximum Gasteiger partial charge on any atom is 0.162 e. The van der Waals surface area contributed by atoms with Crippen LogP contribution in [-0.4, -0.2) is 26.3 Å². The Morgan fingerprint density at radius 2 is 1.50 bits per heavy atom. The molecule has 16 heavy (non-hydrogen) atoms. The van der Waals surface area contributed by atoms with Crippen LogP contribution >= 0.6 is 0 Å². The van der Waals surface area contributed by atoms with Crippen molar-refractivity contribution >= 4 is 10.9 Å². The van der Waals surface area contributed by atoms with Crippen molar-refractivity contribution in [1.82, 2.24) is 4.98 Å². The molecular weight excluding hydrogens is 206 g/mol. The maximum atomic E-state index is 5.26. The SMILES string of the molecule is COc1cc2nccc(OC)c2cc1OC. The smallest absolute Gasteiger partial charge is 0.162 e. The summed E-state index contributed by atoms with van der Waals surface area (Å²) in [5, 5.41) is 0.905. The van der Waals surface area contributed by atoms with Crippen molar-refractivity contribution < 1.29 is 14.2 Å². The number of benzene rings is 1. The third kappa shape index (κ3) is 1.62. The van der Waals surface area contributed by atoms with E-state index in [9.17, 15) is 0 Å². The number of hydrogen-bond donors (Lipinski definition) is 0. The molecule has 0 aliphatic heterocycles. The average Bonchev–Trinajstić information content (AvgIpc) is 2.36. The lowest BCUT2D eigenvalue weighted by molar-refractivity contribution is 0.355. The second kappa shape index (κ2) is 4.26. The largest absolute Gasteiger partial charge is 0.496 e. The van der Waals surface area contributed by atoms with Gasteiger partial charge in [-0.15, -0.1) is 0 Å². The van der Waals surface area contributed by atoms with Crippen molar-refractivity contribution in [3.05, 3.63) is 24.4 Å². The summed E-state index contributed by atoms with van der Waals surface area (Å²) < 4.78 is 15.7. The predicted molar refractivity (Wildman–Crippen MR) is 61.4 cm³/mol. The highest BCUT2D eigenvalue weighted by Gasteiger charge is 2.09. The first-order chi connectivity index (χ1) is 7.80. The molecule has 0 aliphatic carbocycles. The van der Waals surface area contributed by atoms with E-state index >= 15 is 0 Å². The molecule has 84 valence electrons. The molecule has 0 fully saturated rings. The number of fused-ring (bicyclic) bond motifs is 1. The summed E-state index contributed by atoms with van der Waals surface area (Å²) in [6, 6.07) is 5.50. The number of aromatic nitrogens is 1. The molecule has 1 heterocycles. The van der Waals surface area contributed by atoms with Crippen molar-refractivity contribution in [3.8, 4) is 17.2 Å². The number of nitrogens with zero attached hydrogens (tertiary/aromatic N) is 1. The summed E-state index contributed by atoms with van der Waals surface area (Å²) >= 11 is 0. The highest BCUT2D eigenvalue weighted by Crippen LogP contribution is 2.34. The lowest BCUT2D eigenvalue weighted by Crippen LogP contribution is -1.93. The summed E-state index contributed by atoms with van der Waals surface area (Å²) in [6.45, 7) is 0. The molecule has 2 rings (SSSR count). The zero-order chi connectivity index (χ0) is 11.5. The number of rotatable bonds is 3. The van der Waals surface area contributed by atoms with Crippen LogP contribution in [0.1, 0.15) is 0 Å². The summed E-state index contributed by atoms with van der Waals surface area (Å²) in [5.41, 5.74) is 0.817. The van der Waals surface area contributed by atoms with Crippen molar-refractivity contribution in [2.45, 2.75) is 0 Å². The molecule has 0 bridgehead atoms. The molecule has 0 N–H and O–H groups in total. The fourth-order valence-electron chi connectivity index (χ4n) is 1.63. The van der Waals surface area contributed by atoms with E-state index in [1.54, 1.807) is 27.5 Å². The van der Waals surface area contributed by atoms with E-state index in [0.29, 0.717) is 11.5 Å². The Bertz CT molecular complexity index is 511. The van der Waals surface area contributed by atoms with Crippen LogP contribution in [0.2, 0.25) is 0 Å². The molecule has 0 unspecified atom stereocenters. The monoisotopic (exact) mass is 219 g/mol. The molecule has 0 radical (unpaired) electrons. The zero-order valence-electron chi connectivity index (χ0n) is 9.48. The van der Waals surface area contributed by atoms with Crippen LogP contribution in [0.3, 0.4) is 0 Å². The standard InChI is InChI=1S/C12H13NO3/c1-14-10-4-5-13-9-7-12(16-3)11(15-2)6-8(9)10/h4-7H,1-3H3. The molecule has 4 nitrogen and oxygen atoms in total. The van der Waals surface area contributed by atoms with E-state index in [1.807, 2.05) is 18.2 Å². The lowest BCUT2D eigenvalue weighted by atomic mass is 10.2. The number of ether oxygens (including phenoxy) is 3. The molecule has 0 saturated heterocycles. The topological polar surface area (TPSA) is 40.6 Å². The first-order valence-electron chi connectivity index (χ1n) is 4.85. The molecular formula is C12H13NO3. The predicted octanol–water partition coefficient (Wildman–Crippen LogP) is 2.26. The van der Waals surface area contributed by atoms with Crippen LogP contribution < -0.4 is 14.2 Å². The van der Waals surface area contributed by atoms with Crippen LogP contribution in [-0.2, 0) is 0 Å². The summed E-state index contributed by atoms with van der Waals surface area (Å²) in [4.78, 5) is 4.26. The third-order valence-electron chi connectivity index (χ3n) is 2.43. The van der Waals surface area contributed by atoms with Gasteiger partial charge in [0.15, 0.2) is 11.5 Å². The minimum atomic E-state index is 0.663. The minimum Gasteiger partial charge on any atom is -0.496 e. The van der Waals surface area contributed by atoms with E-state index in [2.05, 4.69) is 4.98 Å². The van der Waals surface area contributed by atoms with Gasteiger partial charge in [-0.2, -0.15) is 0 Å². The normalized spacial score (nSPS) is 10.2. The van der Waals surface area contributed by atoms with E-state index < -0.39 is 0 Å². The van der Waals surface area contributed by atoms with Gasteiger partial charge in [-0.3, -0.25) is 4.98 Å². The number of hydrogen-bond acceptors (Lipinski definition) is 4. The second-order valence-electron chi connectivity index (χ2n) is 3.24. The Hall–Kier alpha value is -1.97. The highest BCUT2D eigenvalue weighted by molar-refractivity contribution is 5.88.